The van der Waals surface area contributed by atoms with Crippen LogP contribution in [0.2, 0.25) is 0 Å². The molecule has 1 atom stereocenters. The molecule has 108 valence electrons. The number of aliphatic hydroxyl groups is 1. The van der Waals surface area contributed by atoms with Crippen LogP contribution in [0.3, 0.4) is 0 Å². The van der Waals surface area contributed by atoms with Gasteiger partial charge in [0.05, 0.1) is 36.3 Å². The van der Waals surface area contributed by atoms with Gasteiger partial charge in [-0.05, 0) is 22.0 Å². The topological polar surface area (TPSA) is 92.9 Å². The largest absolute Gasteiger partial charge is 0.394 e. The van der Waals surface area contributed by atoms with Gasteiger partial charge in [0.25, 0.3) is 11.6 Å². The van der Waals surface area contributed by atoms with Gasteiger partial charge in [-0.25, -0.2) is 0 Å². The van der Waals surface area contributed by atoms with Gasteiger partial charge in [0.2, 0.25) is 0 Å². The van der Waals surface area contributed by atoms with E-state index in [1.807, 2.05) is 0 Å². The van der Waals surface area contributed by atoms with Gasteiger partial charge >= 0.3 is 0 Å². The van der Waals surface area contributed by atoms with Gasteiger partial charge in [0.1, 0.15) is 0 Å². The first-order valence-electron chi connectivity index (χ1n) is 5.98. The molecule has 20 heavy (non-hydrogen) atoms. The summed E-state index contributed by atoms with van der Waals surface area (Å²) in [7, 11) is 0. The molecule has 1 aliphatic heterocycles. The number of nitrogens with zero attached hydrogens (tertiary/aromatic N) is 2. The zero-order valence-corrected chi connectivity index (χ0v) is 12.1. The Hall–Kier alpha value is -1.51. The minimum Gasteiger partial charge on any atom is -0.394 e. The van der Waals surface area contributed by atoms with Gasteiger partial charge in [-0.2, -0.15) is 0 Å². The van der Waals surface area contributed by atoms with Crippen LogP contribution in [0.4, 0.5) is 5.69 Å². The molecule has 1 aliphatic rings. The zero-order chi connectivity index (χ0) is 14.7. The highest BCUT2D eigenvalue weighted by molar-refractivity contribution is 9.10. The molecule has 1 unspecified atom stereocenters. The standard InChI is InChI=1S/C12H13BrN2O5/c13-11-2-1-8(15(18)19)5-10(11)12(17)14-3-4-20-7-9(14)6-16/h1-2,5,9,16H,3-4,6-7H2. The fraction of sp³-hybridized carbons (Fsp3) is 0.417. The summed E-state index contributed by atoms with van der Waals surface area (Å²) in [6.45, 7) is 0.779. The van der Waals surface area contributed by atoms with Crippen molar-refractivity contribution in [1.29, 1.82) is 0 Å². The molecule has 1 aromatic carbocycles. The Bertz CT molecular complexity index is 537. The van der Waals surface area contributed by atoms with Crippen LogP contribution in [0, 0.1) is 10.1 Å². The van der Waals surface area contributed by atoms with Crippen molar-refractivity contribution in [1.82, 2.24) is 4.90 Å². The molecule has 1 aromatic rings. The Morgan fingerprint density at radius 1 is 1.60 bits per heavy atom. The van der Waals surface area contributed by atoms with Gasteiger partial charge in [-0.3, -0.25) is 14.9 Å². The van der Waals surface area contributed by atoms with Crippen LogP contribution in [0.5, 0.6) is 0 Å². The van der Waals surface area contributed by atoms with E-state index in [1.165, 1.54) is 23.1 Å². The van der Waals surface area contributed by atoms with Crippen molar-refractivity contribution in [2.75, 3.05) is 26.4 Å². The molecule has 8 heteroatoms. The van der Waals surface area contributed by atoms with E-state index in [4.69, 9.17) is 4.74 Å². The molecule has 0 bridgehead atoms. The van der Waals surface area contributed by atoms with E-state index in [0.29, 0.717) is 17.6 Å². The number of aliphatic hydroxyl groups excluding tert-OH is 1. The highest BCUT2D eigenvalue weighted by Crippen LogP contribution is 2.25. The lowest BCUT2D eigenvalue weighted by atomic mass is 10.1. The minimum absolute atomic E-state index is 0.148. The summed E-state index contributed by atoms with van der Waals surface area (Å²) in [6.07, 6.45) is 0. The lowest BCUT2D eigenvalue weighted by Crippen LogP contribution is -2.50. The van der Waals surface area contributed by atoms with E-state index in [1.54, 1.807) is 0 Å². The zero-order valence-electron chi connectivity index (χ0n) is 10.5. The van der Waals surface area contributed by atoms with Crippen LogP contribution >= 0.6 is 15.9 Å². The summed E-state index contributed by atoms with van der Waals surface area (Å²) in [5, 5.41) is 20.1. The number of morpholine rings is 1. The van der Waals surface area contributed by atoms with E-state index < -0.39 is 11.0 Å². The van der Waals surface area contributed by atoms with E-state index in [2.05, 4.69) is 15.9 Å². The van der Waals surface area contributed by atoms with E-state index in [-0.39, 0.29) is 30.4 Å². The second kappa shape index (κ2) is 6.29. The van der Waals surface area contributed by atoms with Gasteiger partial charge in [-0.1, -0.05) is 0 Å². The molecule has 2 rings (SSSR count). The third-order valence-corrected chi connectivity index (χ3v) is 3.78. The number of nitro groups is 1. The average Bonchev–Trinajstić information content (AvgIpc) is 2.46. The van der Waals surface area contributed by atoms with Gasteiger partial charge in [0, 0.05) is 23.2 Å². The predicted octanol–water partition coefficient (Wildman–Crippen LogP) is 1.19. The molecule has 0 saturated carbocycles. The summed E-state index contributed by atoms with van der Waals surface area (Å²) >= 11 is 3.22. The number of non-ortho nitro benzene ring substituents is 1. The summed E-state index contributed by atoms with van der Waals surface area (Å²) in [5.74, 6) is -0.358. The van der Waals surface area contributed by atoms with Crippen LogP contribution in [-0.2, 0) is 4.74 Å². The van der Waals surface area contributed by atoms with Gasteiger partial charge in [0.15, 0.2) is 0 Å². The number of halogens is 1. The molecule has 0 spiro atoms. The Kier molecular flexibility index (Phi) is 4.69. The van der Waals surface area contributed by atoms with E-state index in [9.17, 15) is 20.0 Å². The minimum atomic E-state index is -0.550. The molecular weight excluding hydrogens is 332 g/mol. The molecule has 0 aliphatic carbocycles. The van der Waals surface area contributed by atoms with Gasteiger partial charge < -0.3 is 14.7 Å². The first-order valence-corrected chi connectivity index (χ1v) is 6.77. The second-order valence-corrected chi connectivity index (χ2v) is 5.19. The maximum Gasteiger partial charge on any atom is 0.270 e. The molecule has 1 fully saturated rings. The molecule has 1 heterocycles. The lowest BCUT2D eigenvalue weighted by Gasteiger charge is -2.34. The number of hydrogen-bond donors (Lipinski definition) is 1. The predicted molar refractivity (Wildman–Crippen MR) is 73.5 cm³/mol. The molecule has 1 amide bonds. The quantitative estimate of drug-likeness (QED) is 0.656. The summed E-state index contributed by atoms with van der Waals surface area (Å²) in [4.78, 5) is 24.2. The first-order chi connectivity index (χ1) is 9.54. The molecule has 0 radical (unpaired) electrons. The van der Waals surface area contributed by atoms with Crippen molar-refractivity contribution in [3.63, 3.8) is 0 Å². The van der Waals surface area contributed by atoms with Crippen LogP contribution in [0.1, 0.15) is 10.4 Å². The Labute approximate surface area is 123 Å². The number of carbonyl (C=O) groups is 1. The highest BCUT2D eigenvalue weighted by Gasteiger charge is 2.29. The fourth-order valence-corrected chi connectivity index (χ4v) is 2.44. The SMILES string of the molecule is O=C(c1cc([N+](=O)[O-])ccc1Br)N1CCOCC1CO. The fourth-order valence-electron chi connectivity index (χ4n) is 2.02. The maximum atomic E-state index is 12.5. The van der Waals surface area contributed by atoms with E-state index in [0.717, 1.165) is 0 Å². The van der Waals surface area contributed by atoms with Crippen LogP contribution in [0.15, 0.2) is 22.7 Å². The number of benzene rings is 1. The first kappa shape index (κ1) is 14.9. The molecule has 7 nitrogen and oxygen atoms in total. The summed E-state index contributed by atoms with van der Waals surface area (Å²) < 4.78 is 5.69. The van der Waals surface area contributed by atoms with Crippen molar-refractivity contribution in [2.24, 2.45) is 0 Å². The number of ether oxygens (including phenoxy) is 1. The van der Waals surface area contributed by atoms with Crippen molar-refractivity contribution in [2.45, 2.75) is 6.04 Å². The second-order valence-electron chi connectivity index (χ2n) is 4.33. The van der Waals surface area contributed by atoms with Crippen molar-refractivity contribution >= 4 is 27.5 Å². The third kappa shape index (κ3) is 2.97. The number of nitro benzene ring substituents is 1. The molecule has 1 N–H and O–H groups in total. The number of amides is 1. The van der Waals surface area contributed by atoms with Crippen LogP contribution in [0.25, 0.3) is 0 Å². The molecule has 1 saturated heterocycles. The average molecular weight is 345 g/mol. The van der Waals surface area contributed by atoms with Crippen molar-refractivity contribution in [3.8, 4) is 0 Å². The number of carbonyl (C=O) groups excluding carboxylic acids is 1. The maximum absolute atomic E-state index is 12.5. The third-order valence-electron chi connectivity index (χ3n) is 3.09. The van der Waals surface area contributed by atoms with E-state index >= 15 is 0 Å². The summed E-state index contributed by atoms with van der Waals surface area (Å²) in [6, 6.07) is 3.60. The molecular formula is C12H13BrN2O5. The highest BCUT2D eigenvalue weighted by atomic mass is 79.9. The van der Waals surface area contributed by atoms with Crippen molar-refractivity contribution in [3.05, 3.63) is 38.3 Å². The number of hydrogen-bond acceptors (Lipinski definition) is 5. The number of rotatable bonds is 3. The van der Waals surface area contributed by atoms with Crippen molar-refractivity contribution < 1.29 is 19.6 Å². The van der Waals surface area contributed by atoms with Crippen LogP contribution in [-0.4, -0.2) is 53.2 Å². The normalized spacial score (nSPS) is 18.9. The van der Waals surface area contributed by atoms with Crippen LogP contribution < -0.4 is 0 Å². The Balaban J connectivity index is 2.32. The van der Waals surface area contributed by atoms with Gasteiger partial charge in [-0.15, -0.1) is 0 Å². The lowest BCUT2D eigenvalue weighted by molar-refractivity contribution is -0.384. The monoisotopic (exact) mass is 344 g/mol. The Morgan fingerprint density at radius 3 is 3.00 bits per heavy atom. The smallest absolute Gasteiger partial charge is 0.270 e. The summed E-state index contributed by atoms with van der Waals surface area (Å²) in [5.41, 5.74) is 0.0601. The Morgan fingerprint density at radius 2 is 2.35 bits per heavy atom. The molecule has 0 aromatic heterocycles.